The molecule has 2 rings (SSSR count). The number of hydrogen-bond acceptors (Lipinski definition) is 7. The molecule has 0 fully saturated rings. The van der Waals surface area contributed by atoms with Crippen molar-refractivity contribution in [2.75, 3.05) is 19.5 Å². The van der Waals surface area contributed by atoms with E-state index in [1.807, 2.05) is 0 Å². The summed E-state index contributed by atoms with van der Waals surface area (Å²) in [5.41, 5.74) is 0.306. The third-order valence-electron chi connectivity index (χ3n) is 2.53. The number of nitrogens with zero attached hydrogens (tertiary/aromatic N) is 1. The van der Waals surface area contributed by atoms with Gasteiger partial charge in [-0.05, 0) is 36.6 Å². The van der Waals surface area contributed by atoms with Crippen LogP contribution in [-0.2, 0) is 0 Å². The molecule has 0 atom stereocenters. The second-order valence-corrected chi connectivity index (χ2v) is 5.94. The van der Waals surface area contributed by atoms with Crippen molar-refractivity contribution in [2.24, 2.45) is 0 Å². The van der Waals surface area contributed by atoms with Crippen LogP contribution in [0.3, 0.4) is 0 Å². The number of amides is 1. The van der Waals surface area contributed by atoms with E-state index in [4.69, 9.17) is 33.9 Å². The van der Waals surface area contributed by atoms with E-state index in [0.29, 0.717) is 26.1 Å². The number of carbonyl (C=O) groups is 1. The standard InChI is InChI=1S/C12H12N4O3S3/c1-18-7-5-3-4-6(8(7)19-2)9(17)13-10(20)14-11-15-16-12(21)22-11/h3-5H,1-2H3,(H,16,21)(H2,13,14,15,17,20). The minimum atomic E-state index is -0.424. The molecule has 1 aromatic heterocycles. The number of anilines is 1. The Hall–Kier alpha value is -2.04. The molecule has 1 heterocycles. The number of rotatable bonds is 4. The molecule has 0 saturated carbocycles. The smallest absolute Gasteiger partial charge is 0.261 e. The summed E-state index contributed by atoms with van der Waals surface area (Å²) in [5.74, 6) is 0.368. The highest BCUT2D eigenvalue weighted by atomic mass is 32.1. The summed E-state index contributed by atoms with van der Waals surface area (Å²) in [6.07, 6.45) is 0. The van der Waals surface area contributed by atoms with Crippen molar-refractivity contribution >= 4 is 51.9 Å². The van der Waals surface area contributed by atoms with Crippen LogP contribution in [0.5, 0.6) is 11.5 Å². The minimum Gasteiger partial charge on any atom is -0.493 e. The van der Waals surface area contributed by atoms with Gasteiger partial charge in [-0.1, -0.05) is 17.4 Å². The van der Waals surface area contributed by atoms with Crippen LogP contribution in [0.4, 0.5) is 5.13 Å². The Morgan fingerprint density at radius 1 is 1.36 bits per heavy atom. The zero-order valence-corrected chi connectivity index (χ0v) is 14.1. The molecule has 0 aliphatic rings. The summed E-state index contributed by atoms with van der Waals surface area (Å²) in [4.78, 5) is 12.3. The largest absolute Gasteiger partial charge is 0.493 e. The first-order valence-corrected chi connectivity index (χ1v) is 7.57. The Bertz CT molecular complexity index is 756. The number of ether oxygens (including phenoxy) is 2. The van der Waals surface area contributed by atoms with Crippen molar-refractivity contribution in [3.8, 4) is 11.5 Å². The molecule has 3 N–H and O–H groups in total. The van der Waals surface area contributed by atoms with Gasteiger partial charge in [-0.3, -0.25) is 15.2 Å². The summed E-state index contributed by atoms with van der Waals surface area (Å²) in [7, 11) is 2.96. The fraction of sp³-hybridized carbons (Fsp3) is 0.167. The van der Waals surface area contributed by atoms with Crippen LogP contribution >= 0.6 is 35.8 Å². The number of nitrogens with one attached hydrogen (secondary N) is 3. The van der Waals surface area contributed by atoms with Crippen molar-refractivity contribution in [1.82, 2.24) is 15.5 Å². The van der Waals surface area contributed by atoms with E-state index < -0.39 is 5.91 Å². The summed E-state index contributed by atoms with van der Waals surface area (Å²) in [6, 6.07) is 4.99. The maximum atomic E-state index is 12.3. The fourth-order valence-electron chi connectivity index (χ4n) is 1.65. The monoisotopic (exact) mass is 356 g/mol. The highest BCUT2D eigenvalue weighted by molar-refractivity contribution is 7.80. The molecule has 7 nitrogen and oxygen atoms in total. The van der Waals surface area contributed by atoms with Crippen molar-refractivity contribution in [3.63, 3.8) is 0 Å². The molecule has 1 aromatic carbocycles. The van der Waals surface area contributed by atoms with Gasteiger partial charge in [-0.15, -0.1) is 5.10 Å². The van der Waals surface area contributed by atoms with Crippen LogP contribution in [0.25, 0.3) is 0 Å². The number of para-hydroxylation sites is 1. The quantitative estimate of drug-likeness (QED) is 0.725. The highest BCUT2D eigenvalue weighted by Gasteiger charge is 2.17. The summed E-state index contributed by atoms with van der Waals surface area (Å²) >= 11 is 11.2. The molecule has 2 aromatic rings. The number of aromatic nitrogens is 2. The number of methoxy groups -OCH3 is 2. The SMILES string of the molecule is COc1cccc(C(=O)NC(=S)Nc2n[nH]c(=S)s2)c1OC. The molecule has 0 radical (unpaired) electrons. The number of thiocarbonyl (C=S) groups is 1. The summed E-state index contributed by atoms with van der Waals surface area (Å²) < 4.78 is 10.9. The van der Waals surface area contributed by atoms with Gasteiger partial charge in [0.05, 0.1) is 19.8 Å². The Morgan fingerprint density at radius 2 is 2.14 bits per heavy atom. The maximum absolute atomic E-state index is 12.3. The van der Waals surface area contributed by atoms with Crippen LogP contribution in [0, 0.1) is 3.95 Å². The lowest BCUT2D eigenvalue weighted by Crippen LogP contribution is -2.34. The Balaban J connectivity index is 2.12. The van der Waals surface area contributed by atoms with Gasteiger partial charge < -0.3 is 14.8 Å². The molecule has 22 heavy (non-hydrogen) atoms. The normalized spacial score (nSPS) is 9.91. The van der Waals surface area contributed by atoms with Gasteiger partial charge in [0.2, 0.25) is 5.13 Å². The zero-order chi connectivity index (χ0) is 16.1. The van der Waals surface area contributed by atoms with Gasteiger partial charge in [0, 0.05) is 0 Å². The van der Waals surface area contributed by atoms with Crippen molar-refractivity contribution in [3.05, 3.63) is 27.7 Å². The molecule has 0 unspecified atom stereocenters. The van der Waals surface area contributed by atoms with Gasteiger partial charge in [0.1, 0.15) is 0 Å². The third-order valence-corrected chi connectivity index (χ3v) is 3.74. The lowest BCUT2D eigenvalue weighted by molar-refractivity contribution is 0.0974. The number of benzene rings is 1. The zero-order valence-electron chi connectivity index (χ0n) is 11.6. The minimum absolute atomic E-state index is 0.104. The van der Waals surface area contributed by atoms with Crippen LogP contribution < -0.4 is 20.1 Å². The van der Waals surface area contributed by atoms with Crippen molar-refractivity contribution in [2.45, 2.75) is 0 Å². The first-order valence-electron chi connectivity index (χ1n) is 5.94. The molecular formula is C12H12N4O3S3. The van der Waals surface area contributed by atoms with E-state index >= 15 is 0 Å². The fourth-order valence-corrected chi connectivity index (χ4v) is 2.70. The first-order chi connectivity index (χ1) is 10.5. The van der Waals surface area contributed by atoms with E-state index in [1.54, 1.807) is 18.2 Å². The molecule has 10 heteroatoms. The Morgan fingerprint density at radius 3 is 2.73 bits per heavy atom. The number of H-pyrrole nitrogens is 1. The topological polar surface area (TPSA) is 88.3 Å². The molecule has 1 amide bonds. The van der Waals surface area contributed by atoms with Gasteiger partial charge in [0.25, 0.3) is 5.91 Å². The van der Waals surface area contributed by atoms with E-state index in [2.05, 4.69) is 20.8 Å². The first kappa shape index (κ1) is 16.3. The Labute approximate surface area is 140 Å². The van der Waals surface area contributed by atoms with Crippen molar-refractivity contribution < 1.29 is 14.3 Å². The van der Waals surface area contributed by atoms with E-state index in [9.17, 15) is 4.79 Å². The molecule has 0 saturated heterocycles. The molecular weight excluding hydrogens is 344 g/mol. The number of carbonyl (C=O) groups excluding carboxylic acids is 1. The van der Waals surface area contributed by atoms with Crippen LogP contribution in [0.2, 0.25) is 0 Å². The molecule has 0 spiro atoms. The molecule has 0 bridgehead atoms. The average Bonchev–Trinajstić information content (AvgIpc) is 2.90. The van der Waals surface area contributed by atoms with E-state index in [-0.39, 0.29) is 5.11 Å². The predicted octanol–water partition coefficient (Wildman–Crippen LogP) is 2.34. The average molecular weight is 356 g/mol. The van der Waals surface area contributed by atoms with Crippen LogP contribution in [0.15, 0.2) is 18.2 Å². The van der Waals surface area contributed by atoms with Crippen LogP contribution in [-0.4, -0.2) is 35.4 Å². The lowest BCUT2D eigenvalue weighted by atomic mass is 10.1. The molecule has 0 aliphatic heterocycles. The van der Waals surface area contributed by atoms with Gasteiger partial charge >= 0.3 is 0 Å². The van der Waals surface area contributed by atoms with Crippen molar-refractivity contribution in [1.29, 1.82) is 0 Å². The van der Waals surface area contributed by atoms with E-state index in [1.165, 1.54) is 25.6 Å². The third kappa shape index (κ3) is 3.78. The predicted molar refractivity (Wildman–Crippen MR) is 90.5 cm³/mol. The second-order valence-electron chi connectivity index (χ2n) is 3.87. The maximum Gasteiger partial charge on any atom is 0.261 e. The summed E-state index contributed by atoms with van der Waals surface area (Å²) in [6.45, 7) is 0. The Kier molecular flexibility index (Phi) is 5.41. The lowest BCUT2D eigenvalue weighted by Gasteiger charge is -2.12. The van der Waals surface area contributed by atoms with Gasteiger partial charge in [-0.25, -0.2) is 0 Å². The number of aromatic amines is 1. The highest BCUT2D eigenvalue weighted by Crippen LogP contribution is 2.30. The molecule has 0 aliphatic carbocycles. The van der Waals surface area contributed by atoms with E-state index in [0.717, 1.165) is 0 Å². The molecule has 116 valence electrons. The number of hydrogen-bond donors (Lipinski definition) is 3. The van der Waals surface area contributed by atoms with Crippen LogP contribution in [0.1, 0.15) is 10.4 Å². The van der Waals surface area contributed by atoms with Gasteiger partial charge in [-0.2, -0.15) is 0 Å². The summed E-state index contributed by atoms with van der Waals surface area (Å²) in [5, 5.41) is 12.4. The van der Waals surface area contributed by atoms with Gasteiger partial charge in [0.15, 0.2) is 20.6 Å². The second kappa shape index (κ2) is 7.29.